The van der Waals surface area contributed by atoms with Gasteiger partial charge in [-0.05, 0) is 30.2 Å². The summed E-state index contributed by atoms with van der Waals surface area (Å²) in [7, 11) is 3.24. The number of rotatable bonds is 4. The highest BCUT2D eigenvalue weighted by atomic mass is 16.5. The van der Waals surface area contributed by atoms with Gasteiger partial charge in [0, 0.05) is 0 Å². The van der Waals surface area contributed by atoms with E-state index in [-0.39, 0.29) is 0 Å². The van der Waals surface area contributed by atoms with Crippen molar-refractivity contribution in [3.05, 3.63) is 59.7 Å². The van der Waals surface area contributed by atoms with Gasteiger partial charge in [-0.25, -0.2) is 0 Å². The smallest absolute Gasteiger partial charge is 0.161 e. The fraction of sp³-hybridized carbons (Fsp3) is 0.250. The Morgan fingerprint density at radius 2 is 1.47 bits per heavy atom. The van der Waals surface area contributed by atoms with E-state index in [0.29, 0.717) is 11.5 Å². The van der Waals surface area contributed by atoms with Crippen LogP contribution in [-0.2, 0) is 5.54 Å². The van der Waals surface area contributed by atoms with E-state index in [1.54, 1.807) is 14.2 Å². The highest BCUT2D eigenvalue weighted by Crippen LogP contribution is 2.34. The van der Waals surface area contributed by atoms with E-state index in [4.69, 9.17) is 15.2 Å². The lowest BCUT2D eigenvalue weighted by atomic mass is 9.85. The van der Waals surface area contributed by atoms with Gasteiger partial charge in [0.05, 0.1) is 19.8 Å². The predicted molar refractivity (Wildman–Crippen MR) is 76.6 cm³/mol. The molecule has 0 heterocycles. The van der Waals surface area contributed by atoms with Crippen LogP contribution in [0.15, 0.2) is 48.5 Å². The van der Waals surface area contributed by atoms with Gasteiger partial charge in [0.2, 0.25) is 0 Å². The molecule has 2 rings (SSSR count). The Morgan fingerprint density at radius 1 is 0.842 bits per heavy atom. The van der Waals surface area contributed by atoms with E-state index >= 15 is 0 Å². The molecule has 1 atom stereocenters. The summed E-state index contributed by atoms with van der Waals surface area (Å²) in [5.41, 5.74) is 7.95. The molecule has 0 amide bonds. The third-order valence-electron chi connectivity index (χ3n) is 3.36. The first-order chi connectivity index (χ1) is 9.09. The van der Waals surface area contributed by atoms with Gasteiger partial charge in [-0.15, -0.1) is 0 Å². The number of nitrogens with two attached hydrogens (primary N) is 1. The van der Waals surface area contributed by atoms with Gasteiger partial charge in [0.1, 0.15) is 0 Å². The zero-order valence-corrected chi connectivity index (χ0v) is 11.5. The number of hydrogen-bond donors (Lipinski definition) is 1. The van der Waals surface area contributed by atoms with Crippen molar-refractivity contribution in [3.63, 3.8) is 0 Å². The summed E-state index contributed by atoms with van der Waals surface area (Å²) in [4.78, 5) is 0. The quantitative estimate of drug-likeness (QED) is 0.916. The Hall–Kier alpha value is -2.00. The van der Waals surface area contributed by atoms with Gasteiger partial charge < -0.3 is 15.2 Å². The molecule has 100 valence electrons. The van der Waals surface area contributed by atoms with Gasteiger partial charge in [-0.2, -0.15) is 0 Å². The minimum absolute atomic E-state index is 0.569. The third-order valence-corrected chi connectivity index (χ3v) is 3.36. The molecule has 0 aliphatic rings. The van der Waals surface area contributed by atoms with Gasteiger partial charge in [-0.1, -0.05) is 36.4 Å². The van der Waals surface area contributed by atoms with E-state index in [0.717, 1.165) is 11.1 Å². The average molecular weight is 257 g/mol. The lowest BCUT2D eigenvalue weighted by Crippen LogP contribution is -2.34. The first kappa shape index (κ1) is 13.4. The number of methoxy groups -OCH3 is 2. The third kappa shape index (κ3) is 2.56. The molecule has 0 radical (unpaired) electrons. The van der Waals surface area contributed by atoms with Crippen LogP contribution in [0.4, 0.5) is 0 Å². The van der Waals surface area contributed by atoms with Crippen LogP contribution < -0.4 is 15.2 Å². The topological polar surface area (TPSA) is 44.5 Å². The highest BCUT2D eigenvalue weighted by molar-refractivity contribution is 5.47. The van der Waals surface area contributed by atoms with E-state index in [2.05, 4.69) is 0 Å². The summed E-state index contributed by atoms with van der Waals surface area (Å²) in [5.74, 6) is 1.39. The van der Waals surface area contributed by atoms with Crippen molar-refractivity contribution in [1.82, 2.24) is 0 Å². The first-order valence-corrected chi connectivity index (χ1v) is 6.16. The van der Waals surface area contributed by atoms with Crippen molar-refractivity contribution in [2.24, 2.45) is 5.73 Å². The summed E-state index contributed by atoms with van der Waals surface area (Å²) in [6, 6.07) is 15.8. The molecule has 2 aromatic carbocycles. The summed E-state index contributed by atoms with van der Waals surface area (Å²) in [6.07, 6.45) is 0. The van der Waals surface area contributed by atoms with Crippen molar-refractivity contribution in [2.45, 2.75) is 12.5 Å². The van der Waals surface area contributed by atoms with Gasteiger partial charge in [0.25, 0.3) is 0 Å². The summed E-state index contributed by atoms with van der Waals surface area (Å²) < 4.78 is 10.6. The average Bonchev–Trinajstić information content (AvgIpc) is 2.47. The molecule has 0 bridgehead atoms. The molecule has 0 saturated carbocycles. The van der Waals surface area contributed by atoms with Crippen molar-refractivity contribution < 1.29 is 9.47 Å². The minimum atomic E-state index is -0.569. The fourth-order valence-electron chi connectivity index (χ4n) is 2.11. The molecule has 2 N–H and O–H groups in total. The molecule has 0 aliphatic carbocycles. The van der Waals surface area contributed by atoms with Gasteiger partial charge >= 0.3 is 0 Å². The van der Waals surface area contributed by atoms with Crippen molar-refractivity contribution in [1.29, 1.82) is 0 Å². The number of hydrogen-bond acceptors (Lipinski definition) is 3. The van der Waals surface area contributed by atoms with Crippen LogP contribution in [-0.4, -0.2) is 14.2 Å². The maximum Gasteiger partial charge on any atom is 0.161 e. The van der Waals surface area contributed by atoms with E-state index < -0.39 is 5.54 Å². The molecule has 19 heavy (non-hydrogen) atoms. The molecular weight excluding hydrogens is 238 g/mol. The predicted octanol–water partition coefficient (Wildman–Crippen LogP) is 2.93. The fourth-order valence-corrected chi connectivity index (χ4v) is 2.11. The van der Waals surface area contributed by atoms with Crippen molar-refractivity contribution in [3.8, 4) is 11.5 Å². The van der Waals surface area contributed by atoms with Crippen LogP contribution in [0.3, 0.4) is 0 Å². The van der Waals surface area contributed by atoms with Crippen LogP contribution in [0.5, 0.6) is 11.5 Å². The highest BCUT2D eigenvalue weighted by Gasteiger charge is 2.24. The monoisotopic (exact) mass is 257 g/mol. The van der Waals surface area contributed by atoms with Gasteiger partial charge in [-0.3, -0.25) is 0 Å². The normalized spacial score (nSPS) is 13.7. The Labute approximate surface area is 114 Å². The van der Waals surface area contributed by atoms with Crippen LogP contribution in [0.1, 0.15) is 18.1 Å². The maximum atomic E-state index is 6.48. The molecular formula is C16H19NO2. The van der Waals surface area contributed by atoms with E-state index in [1.807, 2.05) is 55.5 Å². The van der Waals surface area contributed by atoms with Crippen LogP contribution in [0.25, 0.3) is 0 Å². The Morgan fingerprint density at radius 3 is 2.05 bits per heavy atom. The van der Waals surface area contributed by atoms with E-state index in [1.165, 1.54) is 0 Å². The zero-order chi connectivity index (χ0) is 13.9. The van der Waals surface area contributed by atoms with Crippen molar-refractivity contribution in [2.75, 3.05) is 14.2 Å². The van der Waals surface area contributed by atoms with Crippen molar-refractivity contribution >= 4 is 0 Å². The SMILES string of the molecule is COc1ccc(C(C)(N)c2ccccc2)cc1OC. The lowest BCUT2D eigenvalue weighted by Gasteiger charge is -2.26. The summed E-state index contributed by atoms with van der Waals surface area (Å²) in [6.45, 7) is 1.99. The zero-order valence-electron chi connectivity index (χ0n) is 11.5. The molecule has 0 saturated heterocycles. The molecule has 3 nitrogen and oxygen atoms in total. The standard InChI is InChI=1S/C16H19NO2/c1-16(17,12-7-5-4-6-8-12)13-9-10-14(18-2)15(11-13)19-3/h4-11H,17H2,1-3H3. The molecule has 0 aromatic heterocycles. The second kappa shape index (κ2) is 5.33. The maximum absolute atomic E-state index is 6.48. The second-order valence-electron chi connectivity index (χ2n) is 4.64. The largest absolute Gasteiger partial charge is 0.493 e. The Balaban J connectivity index is 2.46. The Bertz CT molecular complexity index is 550. The van der Waals surface area contributed by atoms with Crippen LogP contribution in [0.2, 0.25) is 0 Å². The molecule has 2 aromatic rings. The molecule has 0 aliphatic heterocycles. The molecule has 3 heteroatoms. The summed E-state index contributed by atoms with van der Waals surface area (Å²) >= 11 is 0. The molecule has 0 fully saturated rings. The number of ether oxygens (including phenoxy) is 2. The first-order valence-electron chi connectivity index (χ1n) is 6.16. The molecule has 1 unspecified atom stereocenters. The second-order valence-corrected chi connectivity index (χ2v) is 4.64. The minimum Gasteiger partial charge on any atom is -0.493 e. The number of benzene rings is 2. The lowest BCUT2D eigenvalue weighted by molar-refractivity contribution is 0.353. The summed E-state index contributed by atoms with van der Waals surface area (Å²) in [5, 5.41) is 0. The van der Waals surface area contributed by atoms with Crippen LogP contribution in [0, 0.1) is 0 Å². The van der Waals surface area contributed by atoms with Gasteiger partial charge in [0.15, 0.2) is 11.5 Å². The van der Waals surface area contributed by atoms with Crippen LogP contribution >= 0.6 is 0 Å². The molecule has 0 spiro atoms. The van der Waals surface area contributed by atoms with E-state index in [9.17, 15) is 0 Å². The Kier molecular flexibility index (Phi) is 3.76.